The molecule has 150 valence electrons. The number of aromatic nitrogens is 1. The minimum absolute atomic E-state index is 0.0304. The van der Waals surface area contributed by atoms with Crippen molar-refractivity contribution in [2.24, 2.45) is 7.05 Å². The molecule has 1 fully saturated rings. The maximum absolute atomic E-state index is 12.7. The predicted molar refractivity (Wildman–Crippen MR) is 108 cm³/mol. The van der Waals surface area contributed by atoms with Crippen LogP contribution in [0.3, 0.4) is 0 Å². The fraction of sp³-hybridized carbons (Fsp3) is 0.476. The Morgan fingerprint density at radius 3 is 2.50 bits per heavy atom. The number of likely N-dealkylation sites (tertiary alicyclic amines) is 1. The van der Waals surface area contributed by atoms with Gasteiger partial charge in [0.15, 0.2) is 0 Å². The molecule has 7 nitrogen and oxygen atoms in total. The lowest BCUT2D eigenvalue weighted by molar-refractivity contribution is -0.385. The third kappa shape index (κ3) is 4.59. The van der Waals surface area contributed by atoms with Gasteiger partial charge >= 0.3 is 0 Å². The van der Waals surface area contributed by atoms with E-state index in [-0.39, 0.29) is 17.6 Å². The van der Waals surface area contributed by atoms with Crippen LogP contribution in [0.4, 0.5) is 5.69 Å². The Kier molecular flexibility index (Phi) is 6.46. The summed E-state index contributed by atoms with van der Waals surface area (Å²) in [5.41, 5.74) is 2.15. The maximum atomic E-state index is 12.7. The van der Waals surface area contributed by atoms with Crippen molar-refractivity contribution in [1.82, 2.24) is 14.8 Å². The summed E-state index contributed by atoms with van der Waals surface area (Å²) in [4.78, 5) is 25.7. The molecule has 2 heterocycles. The molecule has 1 aromatic carbocycles. The molecule has 0 aliphatic carbocycles. The molecule has 0 bridgehead atoms. The molecule has 0 spiro atoms. The van der Waals surface area contributed by atoms with E-state index in [9.17, 15) is 14.9 Å². The van der Waals surface area contributed by atoms with Crippen LogP contribution >= 0.6 is 0 Å². The van der Waals surface area contributed by atoms with E-state index >= 15 is 0 Å². The van der Waals surface area contributed by atoms with Gasteiger partial charge in [0.1, 0.15) is 0 Å². The molecule has 7 heteroatoms. The average Bonchev–Trinajstić information content (AvgIpc) is 2.92. The van der Waals surface area contributed by atoms with Crippen LogP contribution < -0.4 is 5.32 Å². The molecule has 0 saturated carbocycles. The van der Waals surface area contributed by atoms with Crippen LogP contribution in [0.2, 0.25) is 0 Å². The topological polar surface area (TPSA) is 80.4 Å². The summed E-state index contributed by atoms with van der Waals surface area (Å²) in [6.45, 7) is 4.22. The van der Waals surface area contributed by atoms with Crippen molar-refractivity contribution in [3.05, 3.63) is 63.5 Å². The summed E-state index contributed by atoms with van der Waals surface area (Å²) in [7, 11) is 2.03. The number of hydrogen-bond acceptors (Lipinski definition) is 4. The van der Waals surface area contributed by atoms with Gasteiger partial charge < -0.3 is 9.88 Å². The number of nitrogens with zero attached hydrogens (tertiary/aromatic N) is 3. The number of benzene rings is 1. The minimum atomic E-state index is -0.429. The molecule has 1 aromatic heterocycles. The van der Waals surface area contributed by atoms with Gasteiger partial charge in [0.2, 0.25) is 0 Å². The number of amides is 1. The Morgan fingerprint density at radius 1 is 1.21 bits per heavy atom. The highest BCUT2D eigenvalue weighted by atomic mass is 16.6. The molecule has 3 rings (SSSR count). The van der Waals surface area contributed by atoms with E-state index in [1.807, 2.05) is 19.3 Å². The van der Waals surface area contributed by atoms with Crippen LogP contribution in [0.5, 0.6) is 0 Å². The lowest BCUT2D eigenvalue weighted by atomic mass is 10.1. The average molecular weight is 384 g/mol. The van der Waals surface area contributed by atoms with Crippen LogP contribution in [-0.4, -0.2) is 39.9 Å². The standard InChI is InChI=1S/C21H28N4O3/c1-16-14-17(9-10-18(16)25(27)28)21(26)22-15-20(19-8-7-11-23(19)2)24-12-5-3-4-6-13-24/h7-11,14,20H,3-6,12-13,15H2,1-2H3,(H,22,26). The van der Waals surface area contributed by atoms with E-state index < -0.39 is 4.92 Å². The van der Waals surface area contributed by atoms with Crippen molar-refractivity contribution >= 4 is 11.6 Å². The van der Waals surface area contributed by atoms with Crippen molar-refractivity contribution in [1.29, 1.82) is 0 Å². The Hall–Kier alpha value is -2.67. The zero-order valence-electron chi connectivity index (χ0n) is 16.6. The van der Waals surface area contributed by atoms with E-state index in [1.165, 1.54) is 43.5 Å². The zero-order chi connectivity index (χ0) is 20.1. The molecule has 1 atom stereocenters. The van der Waals surface area contributed by atoms with Crippen LogP contribution in [0.1, 0.15) is 53.3 Å². The lowest BCUT2D eigenvalue weighted by Crippen LogP contribution is -2.39. The van der Waals surface area contributed by atoms with Gasteiger partial charge in [-0.3, -0.25) is 19.8 Å². The first-order valence-corrected chi connectivity index (χ1v) is 9.86. The van der Waals surface area contributed by atoms with E-state index in [1.54, 1.807) is 13.0 Å². The second-order valence-electron chi connectivity index (χ2n) is 7.48. The normalized spacial score (nSPS) is 16.4. The molecule has 1 N–H and O–H groups in total. The van der Waals surface area contributed by atoms with Gasteiger partial charge in [-0.1, -0.05) is 12.8 Å². The van der Waals surface area contributed by atoms with E-state index in [2.05, 4.69) is 20.9 Å². The monoisotopic (exact) mass is 384 g/mol. The van der Waals surface area contributed by atoms with Crippen LogP contribution in [0.25, 0.3) is 0 Å². The van der Waals surface area contributed by atoms with Gasteiger partial charge in [-0.05, 0) is 57.1 Å². The first-order chi connectivity index (χ1) is 13.5. The predicted octanol–water partition coefficient (Wildman–Crippen LogP) is 3.59. The SMILES string of the molecule is Cc1cc(C(=O)NCC(c2cccn2C)N2CCCCCC2)ccc1[N+](=O)[O-]. The highest BCUT2D eigenvalue weighted by Gasteiger charge is 2.24. The summed E-state index contributed by atoms with van der Waals surface area (Å²) < 4.78 is 2.11. The first-order valence-electron chi connectivity index (χ1n) is 9.86. The van der Waals surface area contributed by atoms with E-state index in [0.29, 0.717) is 17.7 Å². The van der Waals surface area contributed by atoms with Crippen molar-refractivity contribution in [2.45, 2.75) is 38.6 Å². The summed E-state index contributed by atoms with van der Waals surface area (Å²) in [5.74, 6) is -0.202. The maximum Gasteiger partial charge on any atom is 0.272 e. The van der Waals surface area contributed by atoms with Gasteiger partial charge in [0.25, 0.3) is 11.6 Å². The van der Waals surface area contributed by atoms with Gasteiger partial charge in [-0.25, -0.2) is 0 Å². The number of nitrogens with one attached hydrogen (secondary N) is 1. The quantitative estimate of drug-likeness (QED) is 0.610. The summed E-state index contributed by atoms with van der Waals surface area (Å²) >= 11 is 0. The number of carbonyl (C=O) groups excluding carboxylic acids is 1. The van der Waals surface area contributed by atoms with Crippen molar-refractivity contribution in [3.8, 4) is 0 Å². The van der Waals surface area contributed by atoms with E-state index in [4.69, 9.17) is 0 Å². The Balaban J connectivity index is 1.74. The molecule has 1 unspecified atom stereocenters. The van der Waals surface area contributed by atoms with Crippen molar-refractivity contribution < 1.29 is 9.72 Å². The van der Waals surface area contributed by atoms with Gasteiger partial charge in [-0.15, -0.1) is 0 Å². The van der Waals surface area contributed by atoms with Gasteiger partial charge in [0.05, 0.1) is 11.0 Å². The molecule has 1 aliphatic rings. The molecule has 1 aliphatic heterocycles. The second-order valence-corrected chi connectivity index (χ2v) is 7.48. The van der Waals surface area contributed by atoms with Gasteiger partial charge in [0, 0.05) is 42.7 Å². The van der Waals surface area contributed by atoms with Crippen LogP contribution in [-0.2, 0) is 7.05 Å². The second kappa shape index (κ2) is 9.01. The van der Waals surface area contributed by atoms with Crippen LogP contribution in [0.15, 0.2) is 36.5 Å². The fourth-order valence-electron chi connectivity index (χ4n) is 3.94. The molecule has 1 saturated heterocycles. The number of carbonyl (C=O) groups is 1. The number of nitro benzene ring substituents is 1. The number of rotatable bonds is 6. The largest absolute Gasteiger partial charge is 0.353 e. The first kappa shape index (κ1) is 20.1. The van der Waals surface area contributed by atoms with Crippen molar-refractivity contribution in [2.75, 3.05) is 19.6 Å². The van der Waals surface area contributed by atoms with Crippen molar-refractivity contribution in [3.63, 3.8) is 0 Å². The Morgan fingerprint density at radius 2 is 1.93 bits per heavy atom. The highest BCUT2D eigenvalue weighted by Crippen LogP contribution is 2.24. The third-order valence-electron chi connectivity index (χ3n) is 5.52. The fourth-order valence-corrected chi connectivity index (χ4v) is 3.94. The Bertz CT molecular complexity index is 838. The third-order valence-corrected chi connectivity index (χ3v) is 5.52. The molecule has 28 heavy (non-hydrogen) atoms. The molecule has 0 radical (unpaired) electrons. The smallest absolute Gasteiger partial charge is 0.272 e. The highest BCUT2D eigenvalue weighted by molar-refractivity contribution is 5.94. The molecule has 1 amide bonds. The summed E-state index contributed by atoms with van der Waals surface area (Å²) in [6, 6.07) is 8.75. The number of hydrogen-bond donors (Lipinski definition) is 1. The lowest BCUT2D eigenvalue weighted by Gasteiger charge is -2.31. The van der Waals surface area contributed by atoms with E-state index in [0.717, 1.165) is 13.1 Å². The summed E-state index contributed by atoms with van der Waals surface area (Å²) in [6.07, 6.45) is 6.89. The van der Waals surface area contributed by atoms with Crippen LogP contribution in [0, 0.1) is 17.0 Å². The zero-order valence-corrected chi connectivity index (χ0v) is 16.6. The summed E-state index contributed by atoms with van der Waals surface area (Å²) in [5, 5.41) is 14.0. The molecular formula is C21H28N4O3. The Labute approximate surface area is 165 Å². The molecular weight excluding hydrogens is 356 g/mol. The number of nitro groups is 1. The molecule has 2 aromatic rings. The van der Waals surface area contributed by atoms with Gasteiger partial charge in [-0.2, -0.15) is 0 Å². The number of aryl methyl sites for hydroxylation is 2. The minimum Gasteiger partial charge on any atom is -0.353 e.